The van der Waals surface area contributed by atoms with Gasteiger partial charge in [0.05, 0.1) is 5.84 Å². The quantitative estimate of drug-likeness (QED) is 0.549. The maximum atomic E-state index is 7.44. The monoisotopic (exact) mass is 281 g/mol. The minimum atomic E-state index is 0.0495. The maximum absolute atomic E-state index is 7.44. The van der Waals surface area contributed by atoms with E-state index in [1.807, 2.05) is 12.1 Å². The first-order chi connectivity index (χ1) is 9.83. The number of hydrogen-bond donors (Lipinski definition) is 3. The minimum Gasteiger partial charge on any atom is -0.380 e. The van der Waals surface area contributed by atoms with Gasteiger partial charge in [-0.25, -0.2) is 0 Å². The summed E-state index contributed by atoms with van der Waals surface area (Å²) in [6.07, 6.45) is 0. The van der Waals surface area contributed by atoms with Gasteiger partial charge in [-0.1, -0.05) is 24.3 Å². The zero-order valence-electron chi connectivity index (χ0n) is 13.1. The summed E-state index contributed by atoms with van der Waals surface area (Å²) in [5.41, 5.74) is 4.46. The van der Waals surface area contributed by atoms with Crippen molar-refractivity contribution in [2.24, 2.45) is 0 Å². The fourth-order valence-electron chi connectivity index (χ4n) is 2.17. The van der Waals surface area contributed by atoms with Crippen LogP contribution in [-0.4, -0.2) is 11.4 Å². The molecule has 21 heavy (non-hydrogen) atoms. The molecule has 0 saturated carbocycles. The van der Waals surface area contributed by atoms with Gasteiger partial charge in [0.2, 0.25) is 0 Å². The largest absolute Gasteiger partial charge is 0.380 e. The van der Waals surface area contributed by atoms with E-state index in [2.05, 4.69) is 67.8 Å². The van der Waals surface area contributed by atoms with E-state index in [0.717, 1.165) is 11.4 Å². The summed E-state index contributed by atoms with van der Waals surface area (Å²) in [6.45, 7) is 8.19. The summed E-state index contributed by atoms with van der Waals surface area (Å²) in [5.74, 6) is 0.444. The Bertz CT molecular complexity index is 622. The zero-order valence-corrected chi connectivity index (χ0v) is 13.1. The van der Waals surface area contributed by atoms with E-state index in [4.69, 9.17) is 5.41 Å². The summed E-state index contributed by atoms with van der Waals surface area (Å²) in [7, 11) is 0. The molecule has 3 nitrogen and oxygen atoms in total. The van der Waals surface area contributed by atoms with Crippen LogP contribution in [0.25, 0.3) is 11.1 Å². The first kappa shape index (κ1) is 15.1. The topological polar surface area (TPSA) is 47.9 Å². The third-order valence-corrected chi connectivity index (χ3v) is 2.93. The molecule has 0 radical (unpaired) electrons. The van der Waals surface area contributed by atoms with Crippen molar-refractivity contribution in [3.63, 3.8) is 0 Å². The smallest absolute Gasteiger partial charge is 0.0944 e. The van der Waals surface area contributed by atoms with Gasteiger partial charge in [0.25, 0.3) is 0 Å². The average Bonchev–Trinajstić information content (AvgIpc) is 2.37. The Hall–Kier alpha value is -2.29. The van der Waals surface area contributed by atoms with Crippen LogP contribution in [0.3, 0.4) is 0 Å². The maximum Gasteiger partial charge on any atom is 0.0944 e. The SMILES string of the molecule is CC(=N)Nc1ccc(-c2cccc(NC(C)(C)C)c2)cc1. The standard InChI is InChI=1S/C18H23N3/c1-13(19)20-16-10-8-14(9-11-16)15-6-5-7-17(12-15)21-18(2,3)4/h5-12,21H,1-4H3,(H2,19,20). The van der Waals surface area contributed by atoms with Gasteiger partial charge in [-0.05, 0) is 63.1 Å². The van der Waals surface area contributed by atoms with Gasteiger partial charge in [-0.3, -0.25) is 5.41 Å². The molecular formula is C18H23N3. The van der Waals surface area contributed by atoms with Gasteiger partial charge in [0.15, 0.2) is 0 Å². The van der Waals surface area contributed by atoms with Crippen molar-refractivity contribution in [2.75, 3.05) is 10.6 Å². The lowest BCUT2D eigenvalue weighted by Crippen LogP contribution is -2.25. The molecule has 3 heteroatoms. The molecule has 0 unspecified atom stereocenters. The van der Waals surface area contributed by atoms with Crippen LogP contribution in [0.15, 0.2) is 48.5 Å². The Kier molecular flexibility index (Phi) is 4.32. The van der Waals surface area contributed by atoms with E-state index in [1.54, 1.807) is 6.92 Å². The number of rotatable bonds is 3. The van der Waals surface area contributed by atoms with Crippen LogP contribution in [-0.2, 0) is 0 Å². The van der Waals surface area contributed by atoms with Gasteiger partial charge < -0.3 is 10.6 Å². The summed E-state index contributed by atoms with van der Waals surface area (Å²) >= 11 is 0. The summed E-state index contributed by atoms with van der Waals surface area (Å²) in [6, 6.07) is 16.6. The molecule has 0 heterocycles. The van der Waals surface area contributed by atoms with E-state index in [9.17, 15) is 0 Å². The lowest BCUT2D eigenvalue weighted by Gasteiger charge is -2.22. The fraction of sp³-hybridized carbons (Fsp3) is 0.278. The molecule has 2 rings (SSSR count). The third-order valence-electron chi connectivity index (χ3n) is 2.93. The lowest BCUT2D eigenvalue weighted by atomic mass is 10.0. The number of benzene rings is 2. The van der Waals surface area contributed by atoms with Gasteiger partial charge in [-0.2, -0.15) is 0 Å². The van der Waals surface area contributed by atoms with Gasteiger partial charge in [0, 0.05) is 16.9 Å². The second-order valence-corrected chi connectivity index (χ2v) is 6.28. The molecule has 0 saturated heterocycles. The van der Waals surface area contributed by atoms with Crippen LogP contribution >= 0.6 is 0 Å². The molecule has 0 fully saturated rings. The Morgan fingerprint density at radius 1 is 0.905 bits per heavy atom. The van der Waals surface area contributed by atoms with Crippen molar-refractivity contribution in [2.45, 2.75) is 33.2 Å². The van der Waals surface area contributed by atoms with E-state index in [-0.39, 0.29) is 5.54 Å². The van der Waals surface area contributed by atoms with E-state index >= 15 is 0 Å². The summed E-state index contributed by atoms with van der Waals surface area (Å²) in [5, 5.41) is 13.9. The lowest BCUT2D eigenvalue weighted by molar-refractivity contribution is 0.634. The van der Waals surface area contributed by atoms with Gasteiger partial charge in [0.1, 0.15) is 0 Å². The average molecular weight is 281 g/mol. The van der Waals surface area contributed by atoms with Crippen molar-refractivity contribution in [1.29, 1.82) is 5.41 Å². The van der Waals surface area contributed by atoms with Crippen molar-refractivity contribution < 1.29 is 0 Å². The Morgan fingerprint density at radius 3 is 2.14 bits per heavy atom. The molecule has 0 spiro atoms. The molecular weight excluding hydrogens is 258 g/mol. The Morgan fingerprint density at radius 2 is 1.57 bits per heavy atom. The molecule has 0 aliphatic carbocycles. The number of nitrogens with one attached hydrogen (secondary N) is 3. The van der Waals surface area contributed by atoms with Crippen LogP contribution < -0.4 is 10.6 Å². The van der Waals surface area contributed by atoms with Crippen LogP contribution in [0, 0.1) is 5.41 Å². The molecule has 0 aliphatic rings. The van der Waals surface area contributed by atoms with Crippen LogP contribution in [0.4, 0.5) is 11.4 Å². The van der Waals surface area contributed by atoms with Crippen LogP contribution in [0.5, 0.6) is 0 Å². The molecule has 0 bridgehead atoms. The number of amidine groups is 1. The Balaban J connectivity index is 2.21. The molecule has 0 aromatic heterocycles. The van der Waals surface area contributed by atoms with Crippen molar-refractivity contribution >= 4 is 17.2 Å². The normalized spacial score (nSPS) is 11.0. The van der Waals surface area contributed by atoms with Crippen LogP contribution in [0.2, 0.25) is 0 Å². The van der Waals surface area contributed by atoms with Crippen molar-refractivity contribution in [1.82, 2.24) is 0 Å². The Labute approximate surface area is 126 Å². The molecule has 3 N–H and O–H groups in total. The van der Waals surface area contributed by atoms with Gasteiger partial charge >= 0.3 is 0 Å². The molecule has 2 aromatic carbocycles. The first-order valence-electron chi connectivity index (χ1n) is 7.14. The highest BCUT2D eigenvalue weighted by Crippen LogP contribution is 2.25. The van der Waals surface area contributed by atoms with E-state index in [1.165, 1.54) is 11.1 Å². The van der Waals surface area contributed by atoms with E-state index in [0.29, 0.717) is 5.84 Å². The van der Waals surface area contributed by atoms with Crippen molar-refractivity contribution in [3.05, 3.63) is 48.5 Å². The molecule has 2 aromatic rings. The number of hydrogen-bond acceptors (Lipinski definition) is 2. The molecule has 110 valence electrons. The predicted molar refractivity (Wildman–Crippen MR) is 92.3 cm³/mol. The summed E-state index contributed by atoms with van der Waals surface area (Å²) < 4.78 is 0. The second-order valence-electron chi connectivity index (χ2n) is 6.28. The highest BCUT2D eigenvalue weighted by molar-refractivity contribution is 5.91. The fourth-order valence-corrected chi connectivity index (χ4v) is 2.17. The minimum absolute atomic E-state index is 0.0495. The van der Waals surface area contributed by atoms with Crippen LogP contribution in [0.1, 0.15) is 27.7 Å². The molecule has 0 atom stereocenters. The molecule has 0 amide bonds. The van der Waals surface area contributed by atoms with Gasteiger partial charge in [-0.15, -0.1) is 0 Å². The summed E-state index contributed by atoms with van der Waals surface area (Å²) in [4.78, 5) is 0. The first-order valence-corrected chi connectivity index (χ1v) is 7.14. The molecule has 0 aliphatic heterocycles. The van der Waals surface area contributed by atoms with Crippen molar-refractivity contribution in [3.8, 4) is 11.1 Å². The second kappa shape index (κ2) is 6.00. The highest BCUT2D eigenvalue weighted by atomic mass is 14.9. The predicted octanol–water partition coefficient (Wildman–Crippen LogP) is 4.97. The third kappa shape index (κ3) is 4.63. The zero-order chi connectivity index (χ0) is 15.5. The number of anilines is 2. The highest BCUT2D eigenvalue weighted by Gasteiger charge is 2.09. The van der Waals surface area contributed by atoms with E-state index < -0.39 is 0 Å².